The van der Waals surface area contributed by atoms with Crippen LogP contribution in [-0.4, -0.2) is 62.2 Å². The third-order valence-corrected chi connectivity index (χ3v) is 4.33. The number of hydrogen-bond donors (Lipinski definition) is 0. The number of anilines is 1. The summed E-state index contributed by atoms with van der Waals surface area (Å²) in [5.41, 5.74) is 0.599. The Hall–Kier alpha value is -3.50. The van der Waals surface area contributed by atoms with Crippen LogP contribution >= 0.6 is 0 Å². The van der Waals surface area contributed by atoms with Gasteiger partial charge in [-0.15, -0.1) is 0 Å². The third kappa shape index (κ3) is 2.62. The molecule has 0 saturated carbocycles. The highest BCUT2D eigenvalue weighted by molar-refractivity contribution is 5.88. The number of amides is 1. The van der Waals surface area contributed by atoms with Crippen molar-refractivity contribution < 1.29 is 14.1 Å². The smallest absolute Gasteiger partial charge is 0.397 e. The number of piperazine rings is 1. The summed E-state index contributed by atoms with van der Waals surface area (Å²) in [6.07, 6.45) is 2.52. The van der Waals surface area contributed by atoms with Crippen molar-refractivity contribution in [1.82, 2.24) is 24.6 Å². The lowest BCUT2D eigenvalue weighted by Crippen LogP contribution is -2.46. The molecule has 0 N–H and O–H groups in total. The van der Waals surface area contributed by atoms with E-state index >= 15 is 0 Å². The molecular formula is C15H15N7O4. The van der Waals surface area contributed by atoms with E-state index in [0.29, 0.717) is 37.6 Å². The summed E-state index contributed by atoms with van der Waals surface area (Å²) in [5, 5.41) is 15.9. The summed E-state index contributed by atoms with van der Waals surface area (Å²) >= 11 is 0. The van der Waals surface area contributed by atoms with Gasteiger partial charge >= 0.3 is 5.88 Å². The maximum atomic E-state index is 10.9. The molecule has 0 aliphatic carbocycles. The van der Waals surface area contributed by atoms with E-state index in [2.05, 4.69) is 15.1 Å². The van der Waals surface area contributed by atoms with Gasteiger partial charge < -0.3 is 14.2 Å². The Balaban J connectivity index is 1.79. The van der Waals surface area contributed by atoms with Crippen LogP contribution in [-0.2, 0) is 11.8 Å². The van der Waals surface area contributed by atoms with Crippen molar-refractivity contribution in [2.45, 2.75) is 0 Å². The van der Waals surface area contributed by atoms with Crippen molar-refractivity contribution in [3.63, 3.8) is 0 Å². The van der Waals surface area contributed by atoms with E-state index in [4.69, 9.17) is 4.42 Å². The Morgan fingerprint density at radius 1 is 1.23 bits per heavy atom. The zero-order valence-corrected chi connectivity index (χ0v) is 13.9. The molecule has 11 heteroatoms. The molecule has 1 aliphatic heterocycles. The van der Waals surface area contributed by atoms with Crippen LogP contribution in [0.3, 0.4) is 0 Å². The standard InChI is InChI=1S/C15H15N7O4/c1-19-14-10(8-16-19)15(21-6-4-20(9-23)5-7-21)18-13(17-14)11-2-3-12(26-11)22(24)25/h2-3,8-9H,4-7H2,1H3. The minimum atomic E-state index is -0.605. The Labute approximate surface area is 147 Å². The molecule has 1 saturated heterocycles. The van der Waals surface area contributed by atoms with Gasteiger partial charge in [0.2, 0.25) is 6.41 Å². The van der Waals surface area contributed by atoms with Gasteiger partial charge in [0.15, 0.2) is 17.2 Å². The zero-order valence-electron chi connectivity index (χ0n) is 13.9. The molecule has 0 aromatic carbocycles. The summed E-state index contributed by atoms with van der Waals surface area (Å²) in [6, 6.07) is 2.75. The number of nitro groups is 1. The lowest BCUT2D eigenvalue weighted by molar-refractivity contribution is -0.401. The van der Waals surface area contributed by atoms with Crippen molar-refractivity contribution in [1.29, 1.82) is 0 Å². The average Bonchev–Trinajstić information content (AvgIpc) is 3.29. The summed E-state index contributed by atoms with van der Waals surface area (Å²) in [5.74, 6) is 0.771. The number of nitrogens with zero attached hydrogens (tertiary/aromatic N) is 7. The number of aryl methyl sites for hydroxylation is 1. The maximum Gasteiger partial charge on any atom is 0.433 e. The predicted molar refractivity (Wildman–Crippen MR) is 90.5 cm³/mol. The third-order valence-electron chi connectivity index (χ3n) is 4.33. The molecule has 4 heterocycles. The van der Waals surface area contributed by atoms with Crippen molar-refractivity contribution in [2.75, 3.05) is 31.1 Å². The highest BCUT2D eigenvalue weighted by Crippen LogP contribution is 2.30. The number of carbonyl (C=O) groups excluding carboxylic acids is 1. The molecule has 26 heavy (non-hydrogen) atoms. The van der Waals surface area contributed by atoms with Crippen molar-refractivity contribution >= 4 is 29.1 Å². The number of fused-ring (bicyclic) bond motifs is 1. The van der Waals surface area contributed by atoms with Gasteiger partial charge in [-0.25, -0.2) is 9.97 Å². The van der Waals surface area contributed by atoms with Gasteiger partial charge in [0, 0.05) is 33.2 Å². The van der Waals surface area contributed by atoms with Crippen LogP contribution in [0.4, 0.5) is 11.7 Å². The second kappa shape index (κ2) is 6.10. The minimum absolute atomic E-state index is 0.215. The number of furan rings is 1. The van der Waals surface area contributed by atoms with Crippen LogP contribution in [0.5, 0.6) is 0 Å². The molecule has 4 rings (SSSR count). The van der Waals surface area contributed by atoms with E-state index in [1.807, 2.05) is 4.90 Å². The first-order valence-corrected chi connectivity index (χ1v) is 7.95. The first kappa shape index (κ1) is 16.0. The van der Waals surface area contributed by atoms with E-state index in [0.717, 1.165) is 11.8 Å². The molecule has 3 aromatic heterocycles. The number of carbonyl (C=O) groups is 1. The molecule has 0 bridgehead atoms. The average molecular weight is 357 g/mol. The van der Waals surface area contributed by atoms with Crippen molar-refractivity contribution in [2.24, 2.45) is 7.05 Å². The molecular weight excluding hydrogens is 342 g/mol. The topological polar surface area (TPSA) is 123 Å². The molecule has 11 nitrogen and oxygen atoms in total. The number of aromatic nitrogens is 4. The number of rotatable bonds is 4. The molecule has 134 valence electrons. The highest BCUT2D eigenvalue weighted by Gasteiger charge is 2.23. The number of hydrogen-bond acceptors (Lipinski definition) is 8. The van der Waals surface area contributed by atoms with Crippen LogP contribution < -0.4 is 4.90 Å². The zero-order chi connectivity index (χ0) is 18.3. The van der Waals surface area contributed by atoms with Gasteiger partial charge in [-0.05, 0) is 6.07 Å². The maximum absolute atomic E-state index is 10.9. The Kier molecular flexibility index (Phi) is 3.75. The van der Waals surface area contributed by atoms with Crippen LogP contribution in [0.1, 0.15) is 0 Å². The highest BCUT2D eigenvalue weighted by atomic mass is 16.6. The summed E-state index contributed by atoms with van der Waals surface area (Å²) in [6.45, 7) is 2.43. The molecule has 0 spiro atoms. The van der Waals surface area contributed by atoms with Gasteiger partial charge in [-0.2, -0.15) is 5.10 Å². The lowest BCUT2D eigenvalue weighted by Gasteiger charge is -2.33. The monoisotopic (exact) mass is 357 g/mol. The van der Waals surface area contributed by atoms with Crippen LogP contribution in [0.2, 0.25) is 0 Å². The van der Waals surface area contributed by atoms with E-state index < -0.39 is 4.92 Å². The van der Waals surface area contributed by atoms with Crippen molar-refractivity contribution in [3.05, 3.63) is 28.4 Å². The summed E-state index contributed by atoms with van der Waals surface area (Å²) in [7, 11) is 1.76. The second-order valence-corrected chi connectivity index (χ2v) is 5.90. The van der Waals surface area contributed by atoms with E-state index in [1.54, 1.807) is 22.8 Å². The fourth-order valence-corrected chi connectivity index (χ4v) is 2.94. The Morgan fingerprint density at radius 3 is 2.65 bits per heavy atom. The molecule has 0 unspecified atom stereocenters. The van der Waals surface area contributed by atoms with E-state index in [1.165, 1.54) is 12.1 Å². The Morgan fingerprint density at radius 2 is 2.00 bits per heavy atom. The minimum Gasteiger partial charge on any atom is -0.397 e. The van der Waals surface area contributed by atoms with Gasteiger partial charge in [-0.3, -0.25) is 19.6 Å². The van der Waals surface area contributed by atoms with Crippen LogP contribution in [0.15, 0.2) is 22.7 Å². The lowest BCUT2D eigenvalue weighted by atomic mass is 10.3. The van der Waals surface area contributed by atoms with Gasteiger partial charge in [-0.1, -0.05) is 0 Å². The molecule has 0 radical (unpaired) electrons. The Bertz CT molecular complexity index is 987. The normalized spacial score (nSPS) is 14.8. The van der Waals surface area contributed by atoms with Crippen molar-refractivity contribution in [3.8, 4) is 11.6 Å². The van der Waals surface area contributed by atoms with E-state index in [9.17, 15) is 14.9 Å². The summed E-state index contributed by atoms with van der Waals surface area (Å²) in [4.78, 5) is 33.9. The predicted octanol–water partition coefficient (Wildman–Crippen LogP) is 0.810. The quantitative estimate of drug-likeness (QED) is 0.382. The largest absolute Gasteiger partial charge is 0.433 e. The second-order valence-electron chi connectivity index (χ2n) is 5.90. The van der Waals surface area contributed by atoms with Crippen LogP contribution in [0.25, 0.3) is 22.6 Å². The van der Waals surface area contributed by atoms with Crippen LogP contribution in [0, 0.1) is 10.1 Å². The first-order chi connectivity index (χ1) is 12.6. The molecule has 0 atom stereocenters. The van der Waals surface area contributed by atoms with Gasteiger partial charge in [0.05, 0.1) is 17.6 Å². The SMILES string of the molecule is Cn1ncc2c(N3CCN(C=O)CC3)nc(-c3ccc([N+](=O)[O-])o3)nc21. The van der Waals surface area contributed by atoms with Gasteiger partial charge in [0.1, 0.15) is 10.7 Å². The fourth-order valence-electron chi connectivity index (χ4n) is 2.94. The molecule has 1 amide bonds. The molecule has 1 aliphatic rings. The fraction of sp³-hybridized carbons (Fsp3) is 0.333. The van der Waals surface area contributed by atoms with Gasteiger partial charge in [0.25, 0.3) is 0 Å². The first-order valence-electron chi connectivity index (χ1n) is 7.95. The molecule has 3 aromatic rings. The van der Waals surface area contributed by atoms with E-state index in [-0.39, 0.29) is 17.5 Å². The molecule has 1 fully saturated rings. The summed E-state index contributed by atoms with van der Waals surface area (Å²) < 4.78 is 6.86.